The normalized spacial score (nSPS) is 16.0. The Morgan fingerprint density at radius 3 is 2.54 bits per heavy atom. The van der Waals surface area contributed by atoms with E-state index in [1.54, 1.807) is 32.0 Å². The van der Waals surface area contributed by atoms with Gasteiger partial charge in [-0.05, 0) is 19.9 Å². The maximum atomic E-state index is 12.3. The van der Waals surface area contributed by atoms with Crippen LogP contribution in [0, 0.1) is 0 Å². The molecule has 0 radical (unpaired) electrons. The van der Waals surface area contributed by atoms with Crippen molar-refractivity contribution in [2.45, 2.75) is 26.3 Å². The number of benzene rings is 1. The molecule has 152 valence electrons. The number of hydrogen-bond acceptors (Lipinski definition) is 7. The van der Waals surface area contributed by atoms with Crippen molar-refractivity contribution in [2.24, 2.45) is 0 Å². The molecular weight excluding hydrogens is 368 g/mol. The number of esters is 2. The molecule has 9 nitrogen and oxygen atoms in total. The third-order valence-corrected chi connectivity index (χ3v) is 4.07. The number of carbonyl (C=O) groups excluding carboxylic acids is 3. The van der Waals surface area contributed by atoms with E-state index in [1.165, 1.54) is 14.2 Å². The molecule has 2 N–H and O–H groups in total. The standard InChI is InChI=1S/C19H24N2O7/c1-5-27-18(23)17-11(2)20-19(24)21-14(17)10-28-16(22)8-12-6-7-13(25-3)9-15(12)26-4/h6-7,9,11H,5,8,10H2,1-4H3,(H2,20,21,24). The average molecular weight is 392 g/mol. The number of nitrogens with one attached hydrogen (secondary N) is 2. The first-order valence-electron chi connectivity index (χ1n) is 8.73. The molecule has 2 amide bonds. The number of carbonyl (C=O) groups is 3. The van der Waals surface area contributed by atoms with Crippen LogP contribution in [-0.4, -0.2) is 51.4 Å². The lowest BCUT2D eigenvalue weighted by molar-refractivity contribution is -0.143. The highest BCUT2D eigenvalue weighted by Crippen LogP contribution is 2.25. The zero-order chi connectivity index (χ0) is 20.7. The number of ether oxygens (including phenoxy) is 4. The lowest BCUT2D eigenvalue weighted by Gasteiger charge is -2.26. The molecule has 2 rings (SSSR count). The number of amides is 2. The molecule has 1 heterocycles. The Labute approximate surface area is 163 Å². The monoisotopic (exact) mass is 392 g/mol. The number of methoxy groups -OCH3 is 2. The number of rotatable bonds is 8. The van der Waals surface area contributed by atoms with Gasteiger partial charge >= 0.3 is 18.0 Å². The smallest absolute Gasteiger partial charge is 0.338 e. The highest BCUT2D eigenvalue weighted by atomic mass is 16.5. The highest BCUT2D eigenvalue weighted by molar-refractivity contribution is 5.94. The van der Waals surface area contributed by atoms with Gasteiger partial charge in [-0.2, -0.15) is 0 Å². The van der Waals surface area contributed by atoms with Gasteiger partial charge in [0.15, 0.2) is 0 Å². The van der Waals surface area contributed by atoms with Gasteiger partial charge in [0.1, 0.15) is 18.1 Å². The summed E-state index contributed by atoms with van der Waals surface area (Å²) in [5.41, 5.74) is 1.04. The highest BCUT2D eigenvalue weighted by Gasteiger charge is 2.30. The zero-order valence-corrected chi connectivity index (χ0v) is 16.3. The molecule has 0 spiro atoms. The Morgan fingerprint density at radius 2 is 1.89 bits per heavy atom. The molecule has 0 saturated heterocycles. The van der Waals surface area contributed by atoms with E-state index in [1.807, 2.05) is 0 Å². The van der Waals surface area contributed by atoms with Crippen molar-refractivity contribution in [1.29, 1.82) is 0 Å². The molecule has 0 aromatic heterocycles. The third kappa shape index (κ3) is 5.15. The fourth-order valence-corrected chi connectivity index (χ4v) is 2.75. The molecule has 1 aromatic carbocycles. The lowest BCUT2D eigenvalue weighted by Crippen LogP contribution is -2.50. The van der Waals surface area contributed by atoms with Gasteiger partial charge in [0.05, 0.1) is 44.6 Å². The fourth-order valence-electron chi connectivity index (χ4n) is 2.75. The second-order valence-corrected chi connectivity index (χ2v) is 5.95. The van der Waals surface area contributed by atoms with Crippen molar-refractivity contribution >= 4 is 18.0 Å². The van der Waals surface area contributed by atoms with Crippen molar-refractivity contribution in [3.8, 4) is 11.5 Å². The molecule has 9 heteroatoms. The van der Waals surface area contributed by atoms with E-state index in [4.69, 9.17) is 18.9 Å². The van der Waals surface area contributed by atoms with Gasteiger partial charge in [-0.15, -0.1) is 0 Å². The predicted molar refractivity (Wildman–Crippen MR) is 99.0 cm³/mol. The molecule has 0 saturated carbocycles. The summed E-state index contributed by atoms with van der Waals surface area (Å²) in [6, 6.07) is 4.03. The predicted octanol–water partition coefficient (Wildman–Crippen LogP) is 1.31. The summed E-state index contributed by atoms with van der Waals surface area (Å²) in [4.78, 5) is 36.1. The van der Waals surface area contributed by atoms with Gasteiger partial charge in [-0.3, -0.25) is 4.79 Å². The summed E-state index contributed by atoms with van der Waals surface area (Å²) in [5, 5.41) is 5.08. The second kappa shape index (κ2) is 9.63. The molecule has 0 bridgehead atoms. The summed E-state index contributed by atoms with van der Waals surface area (Å²) in [7, 11) is 3.03. The summed E-state index contributed by atoms with van der Waals surface area (Å²) in [5.74, 6) is -0.0268. The summed E-state index contributed by atoms with van der Waals surface area (Å²) in [6.45, 7) is 3.26. The molecular formula is C19H24N2O7. The Hall–Kier alpha value is -3.23. The summed E-state index contributed by atoms with van der Waals surface area (Å²) >= 11 is 0. The molecule has 1 aliphatic rings. The lowest BCUT2D eigenvalue weighted by atomic mass is 10.0. The van der Waals surface area contributed by atoms with Crippen LogP contribution in [0.15, 0.2) is 29.5 Å². The van der Waals surface area contributed by atoms with E-state index >= 15 is 0 Å². The van der Waals surface area contributed by atoms with Crippen LogP contribution in [-0.2, 0) is 25.5 Å². The quantitative estimate of drug-likeness (QED) is 0.642. The maximum absolute atomic E-state index is 12.3. The van der Waals surface area contributed by atoms with Crippen LogP contribution in [0.2, 0.25) is 0 Å². The minimum absolute atomic E-state index is 0.0447. The first-order valence-corrected chi connectivity index (χ1v) is 8.73. The Bertz CT molecular complexity index is 788. The van der Waals surface area contributed by atoms with Crippen molar-refractivity contribution in [2.75, 3.05) is 27.4 Å². The van der Waals surface area contributed by atoms with Gasteiger partial charge in [-0.1, -0.05) is 6.07 Å². The Kier molecular flexibility index (Phi) is 7.25. The van der Waals surface area contributed by atoms with Crippen molar-refractivity contribution in [3.63, 3.8) is 0 Å². The molecule has 1 aliphatic heterocycles. The Morgan fingerprint density at radius 1 is 1.14 bits per heavy atom. The molecule has 1 unspecified atom stereocenters. The molecule has 28 heavy (non-hydrogen) atoms. The van der Waals surface area contributed by atoms with E-state index in [9.17, 15) is 14.4 Å². The molecule has 1 aromatic rings. The van der Waals surface area contributed by atoms with E-state index < -0.39 is 24.0 Å². The van der Waals surface area contributed by atoms with Gasteiger partial charge < -0.3 is 29.6 Å². The van der Waals surface area contributed by atoms with Crippen LogP contribution < -0.4 is 20.1 Å². The van der Waals surface area contributed by atoms with E-state index in [-0.39, 0.29) is 30.9 Å². The molecule has 1 atom stereocenters. The van der Waals surface area contributed by atoms with Crippen molar-refractivity contribution in [1.82, 2.24) is 10.6 Å². The van der Waals surface area contributed by atoms with Crippen LogP contribution >= 0.6 is 0 Å². The maximum Gasteiger partial charge on any atom is 0.338 e. The van der Waals surface area contributed by atoms with E-state index in [2.05, 4.69) is 10.6 Å². The van der Waals surface area contributed by atoms with Crippen LogP contribution in [0.5, 0.6) is 11.5 Å². The average Bonchev–Trinajstić information content (AvgIpc) is 2.66. The van der Waals surface area contributed by atoms with Crippen LogP contribution in [0.4, 0.5) is 4.79 Å². The minimum Gasteiger partial charge on any atom is -0.497 e. The Balaban J connectivity index is 2.10. The topological polar surface area (TPSA) is 112 Å². The van der Waals surface area contributed by atoms with Crippen molar-refractivity contribution in [3.05, 3.63) is 35.0 Å². The number of urea groups is 1. The van der Waals surface area contributed by atoms with E-state index in [0.717, 1.165) is 0 Å². The SMILES string of the molecule is CCOC(=O)C1=C(COC(=O)Cc2ccc(OC)cc2OC)NC(=O)NC1C. The van der Waals surface area contributed by atoms with Crippen LogP contribution in [0.3, 0.4) is 0 Å². The van der Waals surface area contributed by atoms with Gasteiger partial charge in [0.25, 0.3) is 0 Å². The van der Waals surface area contributed by atoms with Gasteiger partial charge in [0, 0.05) is 11.6 Å². The first-order chi connectivity index (χ1) is 13.4. The zero-order valence-electron chi connectivity index (χ0n) is 16.3. The molecule has 0 fully saturated rings. The third-order valence-electron chi connectivity index (χ3n) is 4.07. The fraction of sp³-hybridized carbons (Fsp3) is 0.421. The molecule has 0 aliphatic carbocycles. The largest absolute Gasteiger partial charge is 0.497 e. The minimum atomic E-state index is -0.578. The van der Waals surface area contributed by atoms with E-state index in [0.29, 0.717) is 17.1 Å². The van der Waals surface area contributed by atoms with Gasteiger partial charge in [-0.25, -0.2) is 9.59 Å². The van der Waals surface area contributed by atoms with Gasteiger partial charge in [0.2, 0.25) is 0 Å². The summed E-state index contributed by atoms with van der Waals surface area (Å²) < 4.78 is 20.7. The first kappa shape index (κ1) is 21.1. The summed E-state index contributed by atoms with van der Waals surface area (Å²) in [6.07, 6.45) is -0.0447. The van der Waals surface area contributed by atoms with Crippen molar-refractivity contribution < 1.29 is 33.3 Å². The second-order valence-electron chi connectivity index (χ2n) is 5.95. The number of hydrogen-bond donors (Lipinski definition) is 2. The van der Waals surface area contributed by atoms with Crippen LogP contribution in [0.25, 0.3) is 0 Å². The van der Waals surface area contributed by atoms with Crippen LogP contribution in [0.1, 0.15) is 19.4 Å².